The molecule has 0 radical (unpaired) electrons. The third-order valence-corrected chi connectivity index (χ3v) is 7.05. The average molecular weight is 443 g/mol. The van der Waals surface area contributed by atoms with E-state index in [0.29, 0.717) is 0 Å². The van der Waals surface area contributed by atoms with E-state index in [1.807, 2.05) is 121 Å². The number of hydrogen-bond acceptors (Lipinski definition) is 4. The Bertz CT molecular complexity index is 1080. The summed E-state index contributed by atoms with van der Waals surface area (Å²) in [5, 5.41) is 3.40. The van der Waals surface area contributed by atoms with Gasteiger partial charge in [0, 0.05) is 5.69 Å². The van der Waals surface area contributed by atoms with Crippen LogP contribution in [0.25, 0.3) is 0 Å². The number of rotatable bonds is 10. The minimum absolute atomic E-state index is 0.187. The van der Waals surface area contributed by atoms with Gasteiger partial charge in [0.1, 0.15) is 0 Å². The van der Waals surface area contributed by atoms with Crippen molar-refractivity contribution in [1.82, 2.24) is 0 Å². The van der Waals surface area contributed by atoms with Gasteiger partial charge in [0.25, 0.3) is 0 Å². The summed E-state index contributed by atoms with van der Waals surface area (Å²) in [7, 11) is -3.66. The predicted molar refractivity (Wildman–Crippen MR) is 129 cm³/mol. The second-order valence-electron chi connectivity index (χ2n) is 7.38. The van der Waals surface area contributed by atoms with Crippen molar-refractivity contribution in [2.45, 2.75) is 19.0 Å². The summed E-state index contributed by atoms with van der Waals surface area (Å²) in [6.07, 6.45) is 0. The Morgan fingerprint density at radius 2 is 1.00 bits per heavy atom. The lowest BCUT2D eigenvalue weighted by Crippen LogP contribution is -2.15. The second kappa shape index (κ2) is 10.9. The summed E-state index contributed by atoms with van der Waals surface area (Å²) < 4.78 is 26.6. The molecular weight excluding hydrogens is 417 g/mol. The molecule has 0 fully saturated rings. The fourth-order valence-electron chi connectivity index (χ4n) is 3.34. The minimum atomic E-state index is -3.66. The standard InChI is InChI=1S/C27H26NO3P/c29-32(30-21-23-13-5-1-6-14-23,31-22-24-15-7-2-8-16-24)27(25-17-9-3-10-18-25)28-26-19-11-4-12-20-26/h1-20,27-28H,21-22H2/t27-/m1/s1. The van der Waals surface area contributed by atoms with Crippen LogP contribution in [0.2, 0.25) is 0 Å². The van der Waals surface area contributed by atoms with Gasteiger partial charge in [-0.05, 0) is 28.8 Å². The van der Waals surface area contributed by atoms with Crippen molar-refractivity contribution in [2.75, 3.05) is 5.32 Å². The molecule has 0 aromatic heterocycles. The van der Waals surface area contributed by atoms with Gasteiger partial charge < -0.3 is 14.4 Å². The van der Waals surface area contributed by atoms with Gasteiger partial charge in [-0.2, -0.15) is 0 Å². The average Bonchev–Trinajstić information content (AvgIpc) is 2.87. The number of hydrogen-bond donors (Lipinski definition) is 1. The zero-order valence-corrected chi connectivity index (χ0v) is 18.6. The van der Waals surface area contributed by atoms with Crippen LogP contribution >= 0.6 is 7.60 Å². The lowest BCUT2D eigenvalue weighted by atomic mass is 10.2. The molecule has 1 atom stereocenters. The van der Waals surface area contributed by atoms with Gasteiger partial charge in [0.2, 0.25) is 0 Å². The van der Waals surface area contributed by atoms with Crippen LogP contribution in [0.15, 0.2) is 121 Å². The second-order valence-corrected chi connectivity index (χ2v) is 9.49. The molecule has 162 valence electrons. The summed E-state index contributed by atoms with van der Waals surface area (Å²) in [4.78, 5) is 0. The van der Waals surface area contributed by atoms with Gasteiger partial charge in [0.15, 0.2) is 5.78 Å². The summed E-state index contributed by atoms with van der Waals surface area (Å²) >= 11 is 0. The Hall–Kier alpha value is -3.17. The van der Waals surface area contributed by atoms with Crippen molar-refractivity contribution in [1.29, 1.82) is 0 Å². The van der Waals surface area contributed by atoms with Crippen molar-refractivity contribution in [3.63, 3.8) is 0 Å². The van der Waals surface area contributed by atoms with Gasteiger partial charge in [-0.1, -0.05) is 109 Å². The molecule has 4 rings (SSSR count). The maximum Gasteiger partial charge on any atom is 0.357 e. The zero-order valence-electron chi connectivity index (χ0n) is 17.7. The predicted octanol–water partition coefficient (Wildman–Crippen LogP) is 7.42. The summed E-state index contributed by atoms with van der Waals surface area (Å²) in [6.45, 7) is 0.374. The van der Waals surface area contributed by atoms with Crippen LogP contribution in [-0.2, 0) is 26.8 Å². The molecule has 4 nitrogen and oxygen atoms in total. The Morgan fingerprint density at radius 3 is 1.47 bits per heavy atom. The molecular formula is C27H26NO3P. The van der Waals surface area contributed by atoms with Gasteiger partial charge in [-0.3, -0.25) is 4.57 Å². The molecule has 0 aliphatic heterocycles. The fourth-order valence-corrected chi connectivity index (χ4v) is 5.21. The van der Waals surface area contributed by atoms with E-state index in [-0.39, 0.29) is 13.2 Å². The third kappa shape index (κ3) is 5.95. The van der Waals surface area contributed by atoms with E-state index in [2.05, 4.69) is 5.32 Å². The van der Waals surface area contributed by atoms with E-state index in [9.17, 15) is 4.57 Å². The maximum atomic E-state index is 14.4. The highest BCUT2D eigenvalue weighted by Crippen LogP contribution is 2.61. The molecule has 0 bridgehead atoms. The first-order chi connectivity index (χ1) is 15.7. The Balaban J connectivity index is 1.66. The lowest BCUT2D eigenvalue weighted by molar-refractivity contribution is 0.185. The first-order valence-electron chi connectivity index (χ1n) is 10.6. The van der Waals surface area contributed by atoms with Crippen molar-refractivity contribution < 1.29 is 13.6 Å². The summed E-state index contributed by atoms with van der Waals surface area (Å²) in [5.74, 6) is -0.668. The number of nitrogens with one attached hydrogen (secondary N) is 1. The van der Waals surface area contributed by atoms with E-state index < -0.39 is 13.4 Å². The highest BCUT2D eigenvalue weighted by Gasteiger charge is 2.38. The molecule has 1 N–H and O–H groups in total. The number of anilines is 1. The maximum absolute atomic E-state index is 14.4. The topological polar surface area (TPSA) is 47.6 Å². The molecule has 32 heavy (non-hydrogen) atoms. The molecule has 0 saturated carbocycles. The van der Waals surface area contributed by atoms with Crippen LogP contribution in [0.1, 0.15) is 22.5 Å². The molecule has 0 amide bonds. The molecule has 0 unspecified atom stereocenters. The first-order valence-corrected chi connectivity index (χ1v) is 12.2. The largest absolute Gasteiger partial charge is 0.368 e. The smallest absolute Gasteiger partial charge is 0.357 e. The van der Waals surface area contributed by atoms with Gasteiger partial charge in [0.05, 0.1) is 13.2 Å². The molecule has 0 aliphatic carbocycles. The van der Waals surface area contributed by atoms with Gasteiger partial charge >= 0.3 is 7.60 Å². The molecule has 0 saturated heterocycles. The van der Waals surface area contributed by atoms with Crippen LogP contribution < -0.4 is 5.32 Å². The van der Waals surface area contributed by atoms with Crippen LogP contribution in [0.4, 0.5) is 5.69 Å². The highest BCUT2D eigenvalue weighted by atomic mass is 31.2. The van der Waals surface area contributed by atoms with Gasteiger partial charge in [-0.15, -0.1) is 0 Å². The van der Waals surface area contributed by atoms with E-state index in [0.717, 1.165) is 22.4 Å². The van der Waals surface area contributed by atoms with Crippen molar-refractivity contribution in [2.24, 2.45) is 0 Å². The molecule has 5 heteroatoms. The minimum Gasteiger partial charge on any atom is -0.368 e. The van der Waals surface area contributed by atoms with Crippen molar-refractivity contribution >= 4 is 13.3 Å². The molecule has 0 aliphatic rings. The Kier molecular flexibility index (Phi) is 7.52. The van der Waals surface area contributed by atoms with Crippen LogP contribution in [0, 0.1) is 0 Å². The monoisotopic (exact) mass is 443 g/mol. The molecule has 4 aromatic carbocycles. The molecule has 4 aromatic rings. The quantitative estimate of drug-likeness (QED) is 0.259. The zero-order chi connectivity index (χ0) is 22.1. The Morgan fingerprint density at radius 1 is 0.594 bits per heavy atom. The lowest BCUT2D eigenvalue weighted by Gasteiger charge is -2.29. The van der Waals surface area contributed by atoms with E-state index in [4.69, 9.17) is 9.05 Å². The van der Waals surface area contributed by atoms with Crippen LogP contribution in [-0.4, -0.2) is 0 Å². The normalized spacial score (nSPS) is 12.2. The Labute approximate surface area is 189 Å². The first kappa shape index (κ1) is 22.0. The number of benzene rings is 4. The molecule has 0 heterocycles. The van der Waals surface area contributed by atoms with Crippen molar-refractivity contribution in [3.8, 4) is 0 Å². The van der Waals surface area contributed by atoms with Crippen LogP contribution in [0.5, 0.6) is 0 Å². The highest BCUT2D eigenvalue weighted by molar-refractivity contribution is 7.54. The van der Waals surface area contributed by atoms with Gasteiger partial charge in [-0.25, -0.2) is 0 Å². The van der Waals surface area contributed by atoms with Crippen LogP contribution in [0.3, 0.4) is 0 Å². The SMILES string of the molecule is O=P(OCc1ccccc1)(OCc1ccccc1)[C@@H](Nc1ccccc1)c1ccccc1. The fraction of sp³-hybridized carbons (Fsp3) is 0.111. The summed E-state index contributed by atoms with van der Waals surface area (Å²) in [6, 6.07) is 38.8. The van der Waals surface area contributed by atoms with Crippen molar-refractivity contribution in [3.05, 3.63) is 138 Å². The number of para-hydroxylation sites is 1. The summed E-state index contributed by atoms with van der Waals surface area (Å²) in [5.41, 5.74) is 3.54. The van der Waals surface area contributed by atoms with E-state index in [1.165, 1.54) is 0 Å². The third-order valence-electron chi connectivity index (χ3n) is 5.02. The molecule has 0 spiro atoms. The van der Waals surface area contributed by atoms with E-state index >= 15 is 0 Å². The van der Waals surface area contributed by atoms with E-state index in [1.54, 1.807) is 0 Å².